The zero-order valence-electron chi connectivity index (χ0n) is 9.10. The molecule has 4 nitrogen and oxygen atoms in total. The number of phenolic OH excluding ortho intramolecular Hbond substituents is 1. The summed E-state index contributed by atoms with van der Waals surface area (Å²) in [5, 5.41) is 10.3. The minimum atomic E-state index is -0.188. The second kappa shape index (κ2) is 3.49. The number of nitrogens with zero attached hydrogens (tertiary/aromatic N) is 1. The van der Waals surface area contributed by atoms with Crippen molar-refractivity contribution in [3.8, 4) is 10.8 Å². The molecular formula is C12H10N2O2S. The van der Waals surface area contributed by atoms with Crippen LogP contribution >= 0.6 is 11.3 Å². The molecule has 0 bridgehead atoms. The number of aromatic hydroxyl groups is 1. The third-order valence-corrected chi connectivity index (χ3v) is 3.60. The van der Waals surface area contributed by atoms with Crippen molar-refractivity contribution in [2.24, 2.45) is 0 Å². The van der Waals surface area contributed by atoms with Gasteiger partial charge in [0.15, 0.2) is 0 Å². The molecule has 0 radical (unpaired) electrons. The first-order chi connectivity index (χ1) is 8.15. The van der Waals surface area contributed by atoms with Gasteiger partial charge in [-0.05, 0) is 31.2 Å². The van der Waals surface area contributed by atoms with Gasteiger partial charge in [0.1, 0.15) is 10.8 Å². The van der Waals surface area contributed by atoms with Gasteiger partial charge in [-0.25, -0.2) is 4.79 Å². The fourth-order valence-electron chi connectivity index (χ4n) is 1.85. The Kier molecular flexibility index (Phi) is 2.09. The van der Waals surface area contributed by atoms with Crippen LogP contribution in [0.2, 0.25) is 0 Å². The fraction of sp³-hybridized carbons (Fsp3) is 0.0833. The number of aromatic amines is 1. The molecule has 86 valence electrons. The van der Waals surface area contributed by atoms with Crippen molar-refractivity contribution in [2.75, 3.05) is 0 Å². The van der Waals surface area contributed by atoms with E-state index >= 15 is 0 Å². The number of imidazole rings is 1. The molecule has 3 aromatic rings. The zero-order valence-corrected chi connectivity index (χ0v) is 9.91. The summed E-state index contributed by atoms with van der Waals surface area (Å²) in [7, 11) is 0. The highest BCUT2D eigenvalue weighted by atomic mass is 32.1. The smallest absolute Gasteiger partial charge is 0.331 e. The first-order valence-corrected chi connectivity index (χ1v) is 5.97. The zero-order chi connectivity index (χ0) is 12.0. The lowest BCUT2D eigenvalue weighted by molar-refractivity contribution is 0.476. The summed E-state index contributed by atoms with van der Waals surface area (Å²) >= 11 is 1.54. The van der Waals surface area contributed by atoms with Gasteiger partial charge in [0, 0.05) is 10.9 Å². The van der Waals surface area contributed by atoms with Crippen molar-refractivity contribution in [3.05, 3.63) is 45.7 Å². The van der Waals surface area contributed by atoms with Crippen LogP contribution in [0.1, 0.15) is 4.88 Å². The summed E-state index contributed by atoms with van der Waals surface area (Å²) in [6, 6.07) is 8.71. The molecule has 0 saturated heterocycles. The van der Waals surface area contributed by atoms with Gasteiger partial charge < -0.3 is 10.1 Å². The van der Waals surface area contributed by atoms with Crippen LogP contribution in [-0.2, 0) is 0 Å². The van der Waals surface area contributed by atoms with Crippen molar-refractivity contribution in [1.82, 2.24) is 9.55 Å². The number of benzene rings is 1. The maximum Gasteiger partial charge on any atom is 0.331 e. The number of aryl methyl sites for hydroxylation is 1. The van der Waals surface area contributed by atoms with Gasteiger partial charge in [0.25, 0.3) is 0 Å². The molecule has 0 unspecified atom stereocenters. The number of hydrogen-bond donors (Lipinski definition) is 2. The van der Waals surface area contributed by atoms with E-state index in [9.17, 15) is 9.90 Å². The fourth-order valence-corrected chi connectivity index (χ4v) is 2.73. The van der Waals surface area contributed by atoms with Crippen molar-refractivity contribution in [2.45, 2.75) is 6.92 Å². The topological polar surface area (TPSA) is 58.0 Å². The van der Waals surface area contributed by atoms with Crippen LogP contribution in [0.25, 0.3) is 16.0 Å². The second-order valence-electron chi connectivity index (χ2n) is 3.85. The van der Waals surface area contributed by atoms with E-state index in [1.807, 2.05) is 19.1 Å². The summed E-state index contributed by atoms with van der Waals surface area (Å²) < 4.78 is 1.58. The average molecular weight is 246 g/mol. The van der Waals surface area contributed by atoms with Gasteiger partial charge in [-0.2, -0.15) is 0 Å². The molecule has 17 heavy (non-hydrogen) atoms. The molecular weight excluding hydrogens is 236 g/mol. The summed E-state index contributed by atoms with van der Waals surface area (Å²) in [4.78, 5) is 15.8. The van der Waals surface area contributed by atoms with Crippen LogP contribution in [0.4, 0.5) is 0 Å². The summed E-state index contributed by atoms with van der Waals surface area (Å²) in [6.07, 6.45) is 0. The molecule has 1 aromatic carbocycles. The Labute approximate surface area is 101 Å². The minimum absolute atomic E-state index is 0.151. The average Bonchev–Trinajstić information content (AvgIpc) is 2.81. The molecule has 0 aliphatic heterocycles. The minimum Gasteiger partial charge on any atom is -0.508 e. The normalized spacial score (nSPS) is 11.1. The number of aromatic nitrogens is 2. The largest absolute Gasteiger partial charge is 0.508 e. The molecule has 2 N–H and O–H groups in total. The molecule has 0 atom stereocenters. The van der Waals surface area contributed by atoms with Gasteiger partial charge in [0.2, 0.25) is 0 Å². The highest BCUT2D eigenvalue weighted by Crippen LogP contribution is 2.24. The Morgan fingerprint density at radius 3 is 2.82 bits per heavy atom. The number of nitrogens with one attached hydrogen (secondary N) is 1. The summed E-state index contributed by atoms with van der Waals surface area (Å²) in [5.74, 6) is 0.151. The van der Waals surface area contributed by atoms with Crippen LogP contribution in [0.3, 0.4) is 0 Å². The number of hydrogen-bond acceptors (Lipinski definition) is 3. The number of H-pyrrole nitrogens is 1. The monoisotopic (exact) mass is 246 g/mol. The van der Waals surface area contributed by atoms with Gasteiger partial charge in [-0.1, -0.05) is 0 Å². The van der Waals surface area contributed by atoms with E-state index in [1.54, 1.807) is 34.1 Å². The summed E-state index contributed by atoms with van der Waals surface area (Å²) in [5.41, 5.74) is 1.23. The molecule has 0 fully saturated rings. The second-order valence-corrected chi connectivity index (χ2v) is 5.12. The third kappa shape index (κ3) is 1.55. The number of fused-ring (bicyclic) bond motifs is 1. The van der Waals surface area contributed by atoms with Gasteiger partial charge >= 0.3 is 5.69 Å². The Hall–Kier alpha value is -2.01. The molecule has 2 aromatic heterocycles. The molecule has 0 spiro atoms. The lowest BCUT2D eigenvalue weighted by Crippen LogP contribution is -2.13. The molecule has 0 aliphatic rings. The van der Waals surface area contributed by atoms with E-state index in [0.717, 1.165) is 15.4 Å². The molecule has 0 saturated carbocycles. The quantitative estimate of drug-likeness (QED) is 0.692. The molecule has 5 heteroatoms. The first kappa shape index (κ1) is 10.2. The van der Waals surface area contributed by atoms with Crippen LogP contribution in [0.15, 0.2) is 35.1 Å². The Bertz CT molecular complexity index is 751. The Morgan fingerprint density at radius 1 is 1.29 bits per heavy atom. The summed E-state index contributed by atoms with van der Waals surface area (Å²) in [6.45, 7) is 1.99. The third-order valence-electron chi connectivity index (χ3n) is 2.61. The van der Waals surface area contributed by atoms with E-state index < -0.39 is 0 Å². The maximum atomic E-state index is 11.9. The van der Waals surface area contributed by atoms with Crippen LogP contribution in [-0.4, -0.2) is 14.7 Å². The van der Waals surface area contributed by atoms with Crippen LogP contribution in [0.5, 0.6) is 5.75 Å². The van der Waals surface area contributed by atoms with E-state index in [-0.39, 0.29) is 11.4 Å². The lowest BCUT2D eigenvalue weighted by atomic mass is 10.3. The van der Waals surface area contributed by atoms with E-state index in [0.29, 0.717) is 5.52 Å². The van der Waals surface area contributed by atoms with Crippen molar-refractivity contribution < 1.29 is 5.11 Å². The molecule has 3 rings (SSSR count). The van der Waals surface area contributed by atoms with Gasteiger partial charge in [-0.15, -0.1) is 11.3 Å². The van der Waals surface area contributed by atoms with Crippen molar-refractivity contribution in [3.63, 3.8) is 0 Å². The highest BCUT2D eigenvalue weighted by Gasteiger charge is 2.10. The van der Waals surface area contributed by atoms with Crippen LogP contribution < -0.4 is 5.69 Å². The highest BCUT2D eigenvalue weighted by molar-refractivity contribution is 7.14. The van der Waals surface area contributed by atoms with Crippen molar-refractivity contribution >= 4 is 22.4 Å². The lowest BCUT2D eigenvalue weighted by Gasteiger charge is -1.99. The van der Waals surface area contributed by atoms with Crippen LogP contribution in [0, 0.1) is 6.92 Å². The Morgan fingerprint density at radius 2 is 2.12 bits per heavy atom. The molecule has 0 aliphatic carbocycles. The first-order valence-electron chi connectivity index (χ1n) is 5.16. The van der Waals surface area contributed by atoms with Crippen molar-refractivity contribution in [1.29, 1.82) is 0 Å². The van der Waals surface area contributed by atoms with E-state index in [1.165, 1.54) is 0 Å². The maximum absolute atomic E-state index is 11.9. The van der Waals surface area contributed by atoms with E-state index in [4.69, 9.17) is 0 Å². The Balaban J connectivity index is 2.39. The SMILES string of the molecule is Cc1ccc(-n2c(=O)[nH]c3ccc(O)cc32)s1. The van der Waals surface area contributed by atoms with Gasteiger partial charge in [-0.3, -0.25) is 4.57 Å². The molecule has 0 amide bonds. The van der Waals surface area contributed by atoms with E-state index in [2.05, 4.69) is 4.98 Å². The van der Waals surface area contributed by atoms with Gasteiger partial charge in [0.05, 0.1) is 11.0 Å². The predicted octanol–water partition coefficient (Wildman–Crippen LogP) is 2.39. The standard InChI is InChI=1S/C12H10N2O2S/c1-7-2-5-11(17-7)14-10-6-8(15)3-4-9(10)13-12(14)16/h2-6,15H,1H3,(H,13,16). The number of phenols is 1. The number of rotatable bonds is 1. The predicted molar refractivity (Wildman–Crippen MR) is 68.2 cm³/mol. The number of thiophene rings is 1. The molecule has 2 heterocycles.